The van der Waals surface area contributed by atoms with E-state index in [-0.39, 0.29) is 11.9 Å². The van der Waals surface area contributed by atoms with Crippen LogP contribution in [0.4, 0.5) is 0 Å². The van der Waals surface area contributed by atoms with Gasteiger partial charge in [-0.1, -0.05) is 5.57 Å². The minimum absolute atomic E-state index is 0.116. The molecule has 1 saturated carbocycles. The molecule has 0 bridgehead atoms. The highest BCUT2D eigenvalue weighted by atomic mass is 16.5. The van der Waals surface area contributed by atoms with Gasteiger partial charge in [0.25, 0.3) is 0 Å². The van der Waals surface area contributed by atoms with Gasteiger partial charge in [-0.3, -0.25) is 0 Å². The number of aliphatic hydroxyl groups is 1. The predicted octanol–water partition coefficient (Wildman–Crippen LogP) is 2.62. The highest BCUT2D eigenvalue weighted by Gasteiger charge is 2.44. The molecule has 0 saturated heterocycles. The van der Waals surface area contributed by atoms with Crippen molar-refractivity contribution in [1.82, 2.24) is 0 Å². The molecule has 1 heterocycles. The van der Waals surface area contributed by atoms with Crippen LogP contribution < -0.4 is 0 Å². The highest BCUT2D eigenvalue weighted by molar-refractivity contribution is 5.94. The maximum Gasteiger partial charge on any atom is 0.339 e. The van der Waals surface area contributed by atoms with Crippen molar-refractivity contribution in [1.29, 1.82) is 0 Å². The number of hydrogen-bond acceptors (Lipinski definition) is 3. The van der Waals surface area contributed by atoms with E-state index in [0.717, 1.165) is 24.0 Å². The van der Waals surface area contributed by atoms with Gasteiger partial charge >= 0.3 is 5.97 Å². The summed E-state index contributed by atoms with van der Waals surface area (Å²) in [6.07, 6.45) is 4.41. The molecule has 0 radical (unpaired) electrons. The largest absolute Gasteiger partial charge is 0.423 e. The predicted molar refractivity (Wildman–Crippen MR) is 67.5 cm³/mol. The molecule has 3 nitrogen and oxygen atoms in total. The summed E-state index contributed by atoms with van der Waals surface area (Å²) in [5, 5.41) is 10.5. The molecule has 2 aliphatic carbocycles. The first kappa shape index (κ1) is 11.7. The van der Waals surface area contributed by atoms with Crippen molar-refractivity contribution >= 4 is 5.97 Å². The lowest BCUT2D eigenvalue weighted by Crippen LogP contribution is -2.29. The second kappa shape index (κ2) is 3.58. The summed E-state index contributed by atoms with van der Waals surface area (Å²) < 4.78 is 5.29. The zero-order chi connectivity index (χ0) is 13.1. The van der Waals surface area contributed by atoms with Gasteiger partial charge in [-0.05, 0) is 51.7 Å². The average molecular weight is 246 g/mol. The Kier molecular flexibility index (Phi) is 2.33. The third-order valence-corrected chi connectivity index (χ3v) is 4.59. The lowest BCUT2D eigenvalue weighted by atomic mass is 9.84. The summed E-state index contributed by atoms with van der Waals surface area (Å²) >= 11 is 0. The molecule has 1 aliphatic heterocycles. The van der Waals surface area contributed by atoms with Crippen molar-refractivity contribution in [3.63, 3.8) is 0 Å². The standard InChI is InChI=1S/C15H18O3/c1-8-6-13-11(9(2)14(16)18-13)7-12-10(8)4-5-15(12,3)17/h6,12,17H,4-5,7H2,1-3H3/t12-,15-/m0/s1. The Morgan fingerprint density at radius 2 is 2.17 bits per heavy atom. The smallest absolute Gasteiger partial charge is 0.339 e. The highest BCUT2D eigenvalue weighted by Crippen LogP contribution is 2.49. The molecular formula is C15H18O3. The molecule has 3 heteroatoms. The molecular weight excluding hydrogens is 228 g/mol. The molecule has 3 aliphatic rings. The van der Waals surface area contributed by atoms with Gasteiger partial charge in [0, 0.05) is 17.1 Å². The summed E-state index contributed by atoms with van der Waals surface area (Å²) in [5.41, 5.74) is 3.46. The lowest BCUT2D eigenvalue weighted by molar-refractivity contribution is -0.133. The van der Waals surface area contributed by atoms with Gasteiger partial charge in [0.05, 0.1) is 5.60 Å². The summed E-state index contributed by atoms with van der Waals surface area (Å²) in [6.45, 7) is 5.75. The molecule has 18 heavy (non-hydrogen) atoms. The summed E-state index contributed by atoms with van der Waals surface area (Å²) in [4.78, 5) is 11.6. The Morgan fingerprint density at radius 1 is 1.44 bits per heavy atom. The fourth-order valence-corrected chi connectivity index (χ4v) is 3.34. The lowest BCUT2D eigenvalue weighted by Gasteiger charge is -2.26. The maximum atomic E-state index is 11.6. The zero-order valence-corrected chi connectivity index (χ0v) is 11.0. The van der Waals surface area contributed by atoms with Crippen LogP contribution in [0, 0.1) is 5.92 Å². The number of carbonyl (C=O) groups excluding carboxylic acids is 1. The number of allylic oxidation sites excluding steroid dienone is 3. The quantitative estimate of drug-likeness (QED) is 0.668. The zero-order valence-electron chi connectivity index (χ0n) is 11.0. The molecule has 0 amide bonds. The summed E-state index contributed by atoms with van der Waals surface area (Å²) in [6, 6.07) is 0. The SMILES string of the molecule is CC1=C2CC[C@](C)(O)[C@H]2CC2=C(C)C(=O)OC2=C1. The number of ether oxygens (including phenoxy) is 1. The van der Waals surface area contributed by atoms with E-state index in [0.29, 0.717) is 17.8 Å². The second-order valence-electron chi connectivity index (χ2n) is 5.82. The third kappa shape index (κ3) is 1.50. The number of fused-ring (bicyclic) bond motifs is 2. The average Bonchev–Trinajstić information content (AvgIpc) is 2.65. The molecule has 0 aromatic carbocycles. The minimum atomic E-state index is -0.668. The van der Waals surface area contributed by atoms with Crippen molar-refractivity contribution in [2.24, 2.45) is 5.92 Å². The van der Waals surface area contributed by atoms with Crippen LogP contribution in [0.3, 0.4) is 0 Å². The van der Waals surface area contributed by atoms with E-state index in [9.17, 15) is 9.90 Å². The maximum absolute atomic E-state index is 11.6. The second-order valence-corrected chi connectivity index (χ2v) is 5.82. The van der Waals surface area contributed by atoms with Crippen LogP contribution in [0.2, 0.25) is 0 Å². The Bertz CT molecular complexity index is 532. The summed E-state index contributed by atoms with van der Waals surface area (Å²) in [5.74, 6) is 0.559. The molecule has 96 valence electrons. The number of rotatable bonds is 0. The normalized spacial score (nSPS) is 35.2. The van der Waals surface area contributed by atoms with Gasteiger partial charge in [-0.25, -0.2) is 4.79 Å². The Hall–Kier alpha value is -1.35. The molecule has 0 aromatic heterocycles. The van der Waals surface area contributed by atoms with Crippen LogP contribution in [-0.4, -0.2) is 16.7 Å². The van der Waals surface area contributed by atoms with Gasteiger partial charge in [0.2, 0.25) is 0 Å². The Morgan fingerprint density at radius 3 is 2.89 bits per heavy atom. The fourth-order valence-electron chi connectivity index (χ4n) is 3.34. The van der Waals surface area contributed by atoms with Gasteiger partial charge in [-0.2, -0.15) is 0 Å². The van der Waals surface area contributed by atoms with Gasteiger partial charge in [-0.15, -0.1) is 0 Å². The van der Waals surface area contributed by atoms with E-state index < -0.39 is 5.60 Å². The molecule has 0 spiro atoms. The van der Waals surface area contributed by atoms with E-state index in [2.05, 4.69) is 0 Å². The van der Waals surface area contributed by atoms with Crippen LogP contribution in [0.5, 0.6) is 0 Å². The topological polar surface area (TPSA) is 46.5 Å². The van der Waals surface area contributed by atoms with Crippen LogP contribution in [0.25, 0.3) is 0 Å². The van der Waals surface area contributed by atoms with Crippen LogP contribution in [-0.2, 0) is 9.53 Å². The van der Waals surface area contributed by atoms with Gasteiger partial charge in [0.1, 0.15) is 5.76 Å². The van der Waals surface area contributed by atoms with Crippen molar-refractivity contribution < 1.29 is 14.6 Å². The van der Waals surface area contributed by atoms with Crippen LogP contribution in [0.15, 0.2) is 34.1 Å². The molecule has 1 N–H and O–H groups in total. The van der Waals surface area contributed by atoms with Crippen molar-refractivity contribution in [3.8, 4) is 0 Å². The van der Waals surface area contributed by atoms with E-state index >= 15 is 0 Å². The molecule has 1 fully saturated rings. The Balaban J connectivity index is 2.12. The first-order chi connectivity index (χ1) is 8.40. The minimum Gasteiger partial charge on any atom is -0.423 e. The van der Waals surface area contributed by atoms with Gasteiger partial charge in [0.15, 0.2) is 0 Å². The number of esters is 1. The fraction of sp³-hybridized carbons (Fsp3) is 0.533. The van der Waals surface area contributed by atoms with Crippen LogP contribution >= 0.6 is 0 Å². The number of hydrogen-bond donors (Lipinski definition) is 1. The van der Waals surface area contributed by atoms with Crippen molar-refractivity contribution in [3.05, 3.63) is 34.1 Å². The number of carbonyl (C=O) groups is 1. The molecule has 3 rings (SSSR count). The van der Waals surface area contributed by atoms with Gasteiger partial charge < -0.3 is 9.84 Å². The first-order valence-corrected chi connectivity index (χ1v) is 6.46. The molecule has 0 unspecified atom stereocenters. The van der Waals surface area contributed by atoms with E-state index in [4.69, 9.17) is 4.74 Å². The summed E-state index contributed by atoms with van der Waals surface area (Å²) in [7, 11) is 0. The third-order valence-electron chi connectivity index (χ3n) is 4.59. The van der Waals surface area contributed by atoms with Crippen molar-refractivity contribution in [2.75, 3.05) is 0 Å². The van der Waals surface area contributed by atoms with E-state index in [1.807, 2.05) is 26.8 Å². The van der Waals surface area contributed by atoms with E-state index in [1.165, 1.54) is 5.57 Å². The monoisotopic (exact) mass is 246 g/mol. The molecule has 0 aromatic rings. The van der Waals surface area contributed by atoms with E-state index in [1.54, 1.807) is 0 Å². The van der Waals surface area contributed by atoms with Crippen LogP contribution in [0.1, 0.15) is 40.0 Å². The van der Waals surface area contributed by atoms with Crippen molar-refractivity contribution in [2.45, 2.75) is 45.6 Å². The first-order valence-electron chi connectivity index (χ1n) is 6.46. The molecule has 2 atom stereocenters. The Labute approximate surface area is 107 Å².